The van der Waals surface area contributed by atoms with E-state index in [1.165, 1.54) is 32.5 Å². The van der Waals surface area contributed by atoms with Gasteiger partial charge in [0.05, 0.1) is 5.69 Å². The SMILES string of the molecule is CCN1CCC(C(C)NCc2cc(C)on2)CC1. The van der Waals surface area contributed by atoms with Crippen molar-refractivity contribution in [3.8, 4) is 0 Å². The van der Waals surface area contributed by atoms with E-state index in [-0.39, 0.29) is 0 Å². The van der Waals surface area contributed by atoms with Gasteiger partial charge in [-0.2, -0.15) is 0 Å². The molecule has 1 aliphatic rings. The monoisotopic (exact) mass is 251 g/mol. The molecule has 18 heavy (non-hydrogen) atoms. The summed E-state index contributed by atoms with van der Waals surface area (Å²) in [6.45, 7) is 11.0. The quantitative estimate of drug-likeness (QED) is 0.871. The van der Waals surface area contributed by atoms with Crippen LogP contribution in [0.5, 0.6) is 0 Å². The molecule has 0 aromatic carbocycles. The smallest absolute Gasteiger partial charge is 0.133 e. The molecule has 1 saturated heterocycles. The van der Waals surface area contributed by atoms with Crippen molar-refractivity contribution in [2.75, 3.05) is 19.6 Å². The van der Waals surface area contributed by atoms with E-state index in [0.29, 0.717) is 6.04 Å². The maximum Gasteiger partial charge on any atom is 0.133 e. The Labute approximate surface area is 110 Å². The highest BCUT2D eigenvalue weighted by molar-refractivity contribution is 5.03. The Kier molecular flexibility index (Phi) is 4.78. The van der Waals surface area contributed by atoms with Gasteiger partial charge in [-0.15, -0.1) is 0 Å². The molecular formula is C14H25N3O. The highest BCUT2D eigenvalue weighted by atomic mass is 16.5. The molecule has 1 atom stereocenters. The maximum absolute atomic E-state index is 5.07. The number of likely N-dealkylation sites (tertiary alicyclic amines) is 1. The largest absolute Gasteiger partial charge is 0.361 e. The highest BCUT2D eigenvalue weighted by Gasteiger charge is 2.22. The summed E-state index contributed by atoms with van der Waals surface area (Å²) < 4.78 is 5.07. The molecule has 1 fully saturated rings. The van der Waals surface area contributed by atoms with Crippen LogP contribution < -0.4 is 5.32 Å². The van der Waals surface area contributed by atoms with Gasteiger partial charge in [0.1, 0.15) is 5.76 Å². The lowest BCUT2D eigenvalue weighted by Gasteiger charge is -2.34. The summed E-state index contributed by atoms with van der Waals surface area (Å²) in [4.78, 5) is 2.53. The fourth-order valence-electron chi connectivity index (χ4n) is 2.70. The molecular weight excluding hydrogens is 226 g/mol. The van der Waals surface area contributed by atoms with Crippen molar-refractivity contribution >= 4 is 0 Å². The first-order valence-corrected chi connectivity index (χ1v) is 7.07. The zero-order chi connectivity index (χ0) is 13.0. The van der Waals surface area contributed by atoms with E-state index >= 15 is 0 Å². The maximum atomic E-state index is 5.07. The van der Waals surface area contributed by atoms with Gasteiger partial charge < -0.3 is 14.7 Å². The van der Waals surface area contributed by atoms with E-state index in [1.54, 1.807) is 0 Å². The Bertz CT molecular complexity index is 356. The van der Waals surface area contributed by atoms with Crippen LogP contribution in [0.4, 0.5) is 0 Å². The highest BCUT2D eigenvalue weighted by Crippen LogP contribution is 2.20. The molecule has 1 unspecified atom stereocenters. The van der Waals surface area contributed by atoms with Gasteiger partial charge in [-0.1, -0.05) is 12.1 Å². The minimum absolute atomic E-state index is 0.556. The Hall–Kier alpha value is -0.870. The first kappa shape index (κ1) is 13.6. The summed E-state index contributed by atoms with van der Waals surface area (Å²) in [5.74, 6) is 1.68. The molecule has 1 aromatic heterocycles. The van der Waals surface area contributed by atoms with Crippen LogP contribution in [0.25, 0.3) is 0 Å². The van der Waals surface area contributed by atoms with Crippen molar-refractivity contribution in [2.45, 2.75) is 46.2 Å². The standard InChI is InChI=1S/C14H25N3O/c1-4-17-7-5-13(6-8-17)12(3)15-10-14-9-11(2)18-16-14/h9,12-13,15H,4-8,10H2,1-3H3. The van der Waals surface area contributed by atoms with Gasteiger partial charge in [0.15, 0.2) is 0 Å². The third-order valence-corrected chi connectivity index (χ3v) is 4.07. The summed E-state index contributed by atoms with van der Waals surface area (Å²) in [5.41, 5.74) is 1.00. The Morgan fingerprint density at radius 2 is 2.22 bits per heavy atom. The summed E-state index contributed by atoms with van der Waals surface area (Å²) in [6, 6.07) is 2.56. The van der Waals surface area contributed by atoms with Crippen LogP contribution in [-0.4, -0.2) is 35.7 Å². The molecule has 0 radical (unpaired) electrons. The van der Waals surface area contributed by atoms with E-state index in [0.717, 1.165) is 23.9 Å². The number of aryl methyl sites for hydroxylation is 1. The molecule has 2 heterocycles. The normalized spacial score (nSPS) is 20.2. The second-order valence-corrected chi connectivity index (χ2v) is 5.37. The summed E-state index contributed by atoms with van der Waals surface area (Å²) >= 11 is 0. The fourth-order valence-corrected chi connectivity index (χ4v) is 2.70. The van der Waals surface area contributed by atoms with Gasteiger partial charge in [0, 0.05) is 18.7 Å². The van der Waals surface area contributed by atoms with Crippen LogP contribution in [0.3, 0.4) is 0 Å². The van der Waals surface area contributed by atoms with Gasteiger partial charge in [-0.25, -0.2) is 0 Å². The Balaban J connectivity index is 1.73. The third-order valence-electron chi connectivity index (χ3n) is 4.07. The number of hydrogen-bond donors (Lipinski definition) is 1. The van der Waals surface area contributed by atoms with Gasteiger partial charge >= 0.3 is 0 Å². The van der Waals surface area contributed by atoms with Gasteiger partial charge in [0.2, 0.25) is 0 Å². The molecule has 102 valence electrons. The summed E-state index contributed by atoms with van der Waals surface area (Å²) in [6.07, 6.45) is 2.61. The Morgan fingerprint density at radius 3 is 2.78 bits per heavy atom. The number of piperidine rings is 1. The molecule has 0 bridgehead atoms. The zero-order valence-electron chi connectivity index (χ0n) is 11.8. The van der Waals surface area contributed by atoms with Crippen molar-refractivity contribution in [3.63, 3.8) is 0 Å². The first-order valence-electron chi connectivity index (χ1n) is 7.07. The number of rotatable bonds is 5. The lowest BCUT2D eigenvalue weighted by molar-refractivity contribution is 0.168. The number of aromatic nitrogens is 1. The molecule has 4 heteroatoms. The number of nitrogens with zero attached hydrogens (tertiary/aromatic N) is 2. The van der Waals surface area contributed by atoms with Crippen molar-refractivity contribution in [1.29, 1.82) is 0 Å². The molecule has 2 rings (SSSR count). The lowest BCUT2D eigenvalue weighted by Crippen LogP contribution is -2.41. The van der Waals surface area contributed by atoms with Crippen LogP contribution in [0, 0.1) is 12.8 Å². The number of nitrogens with one attached hydrogen (secondary N) is 1. The average molecular weight is 251 g/mol. The van der Waals surface area contributed by atoms with Gasteiger partial charge in [-0.05, 0) is 52.2 Å². The second-order valence-electron chi connectivity index (χ2n) is 5.37. The van der Waals surface area contributed by atoms with Crippen LogP contribution in [-0.2, 0) is 6.54 Å². The summed E-state index contributed by atoms with van der Waals surface area (Å²) in [7, 11) is 0. The molecule has 4 nitrogen and oxygen atoms in total. The second kappa shape index (κ2) is 6.34. The lowest BCUT2D eigenvalue weighted by atomic mass is 9.90. The van der Waals surface area contributed by atoms with E-state index < -0.39 is 0 Å². The molecule has 1 aromatic rings. The van der Waals surface area contributed by atoms with Crippen LogP contribution in [0.2, 0.25) is 0 Å². The summed E-state index contributed by atoms with van der Waals surface area (Å²) in [5, 5.41) is 7.59. The molecule has 0 aliphatic carbocycles. The van der Waals surface area contributed by atoms with Crippen molar-refractivity contribution in [1.82, 2.24) is 15.4 Å². The fraction of sp³-hybridized carbons (Fsp3) is 0.786. The minimum Gasteiger partial charge on any atom is -0.361 e. The van der Waals surface area contributed by atoms with Crippen LogP contribution >= 0.6 is 0 Å². The molecule has 0 amide bonds. The number of hydrogen-bond acceptors (Lipinski definition) is 4. The van der Waals surface area contributed by atoms with E-state index in [4.69, 9.17) is 4.52 Å². The van der Waals surface area contributed by atoms with E-state index in [2.05, 4.69) is 29.2 Å². The minimum atomic E-state index is 0.556. The topological polar surface area (TPSA) is 41.3 Å². The van der Waals surface area contributed by atoms with E-state index in [1.807, 2.05) is 13.0 Å². The third kappa shape index (κ3) is 3.56. The van der Waals surface area contributed by atoms with E-state index in [9.17, 15) is 0 Å². The first-order chi connectivity index (χ1) is 8.69. The van der Waals surface area contributed by atoms with Crippen LogP contribution in [0.1, 0.15) is 38.1 Å². The molecule has 1 aliphatic heterocycles. The van der Waals surface area contributed by atoms with Crippen LogP contribution in [0.15, 0.2) is 10.6 Å². The molecule has 0 spiro atoms. The van der Waals surface area contributed by atoms with Gasteiger partial charge in [-0.3, -0.25) is 0 Å². The Morgan fingerprint density at radius 1 is 1.50 bits per heavy atom. The van der Waals surface area contributed by atoms with Crippen molar-refractivity contribution < 1.29 is 4.52 Å². The predicted molar refractivity (Wildman–Crippen MR) is 72.4 cm³/mol. The van der Waals surface area contributed by atoms with Crippen molar-refractivity contribution in [3.05, 3.63) is 17.5 Å². The molecule has 0 saturated carbocycles. The zero-order valence-corrected chi connectivity index (χ0v) is 11.8. The van der Waals surface area contributed by atoms with Gasteiger partial charge in [0.25, 0.3) is 0 Å². The molecule has 1 N–H and O–H groups in total. The van der Waals surface area contributed by atoms with Crippen molar-refractivity contribution in [2.24, 2.45) is 5.92 Å². The predicted octanol–water partition coefficient (Wildman–Crippen LogP) is 2.19. The average Bonchev–Trinajstić information content (AvgIpc) is 2.82.